The number of ether oxygens (including phenoxy) is 2. The number of carbonyl (C=O) groups is 1. The lowest BCUT2D eigenvalue weighted by Crippen LogP contribution is -2.03. The van der Waals surface area contributed by atoms with Gasteiger partial charge in [0, 0.05) is 0 Å². The predicted molar refractivity (Wildman–Crippen MR) is 44.3 cm³/mol. The number of rotatable bonds is 2. The zero-order valence-electron chi connectivity index (χ0n) is 7.96. The molecule has 0 aliphatic heterocycles. The van der Waals surface area contributed by atoms with Crippen molar-refractivity contribution in [2.45, 2.75) is 0 Å². The molecule has 1 aromatic rings. The molecule has 0 aromatic heterocycles. The maximum atomic E-state index is 11.2. The average molecular weight is 167 g/mol. The number of methoxy groups -OCH3 is 2. The van der Waals surface area contributed by atoms with Crippen LogP contribution in [-0.2, 0) is 4.74 Å². The van der Waals surface area contributed by atoms with Crippen molar-refractivity contribution in [3.8, 4) is 5.75 Å². The zero-order chi connectivity index (χ0) is 9.84. The molecule has 0 unspecified atom stereocenters. The van der Waals surface area contributed by atoms with Gasteiger partial charge in [-0.25, -0.2) is 4.79 Å². The van der Waals surface area contributed by atoms with Crippen molar-refractivity contribution in [2.75, 3.05) is 14.2 Å². The number of carbonyl (C=O) groups excluding carboxylic acids is 1. The lowest BCUT2D eigenvalue weighted by Gasteiger charge is -2.04. The molecule has 0 saturated carbocycles. The summed E-state index contributed by atoms with van der Waals surface area (Å²) in [5.74, 6) is -0.0752. The minimum Gasteiger partial charge on any atom is -0.496 e. The normalized spacial score (nSPS) is 10.3. The Labute approximate surface area is 72.3 Å². The van der Waals surface area contributed by atoms with Gasteiger partial charge < -0.3 is 9.47 Å². The van der Waals surface area contributed by atoms with E-state index in [0.717, 1.165) is 0 Å². The molecule has 0 N–H and O–H groups in total. The summed E-state index contributed by atoms with van der Waals surface area (Å²) in [4.78, 5) is 11.2. The van der Waals surface area contributed by atoms with Crippen LogP contribution < -0.4 is 4.74 Å². The van der Waals surface area contributed by atoms with E-state index in [4.69, 9.17) is 6.11 Å². The van der Waals surface area contributed by atoms with E-state index >= 15 is 0 Å². The van der Waals surface area contributed by atoms with E-state index in [0.29, 0.717) is 5.75 Å². The van der Waals surface area contributed by atoms with E-state index in [2.05, 4.69) is 4.74 Å². The zero-order valence-corrected chi connectivity index (χ0v) is 6.96. The van der Waals surface area contributed by atoms with Gasteiger partial charge in [-0.2, -0.15) is 0 Å². The lowest BCUT2D eigenvalue weighted by molar-refractivity contribution is 0.0597. The van der Waals surface area contributed by atoms with Crippen molar-refractivity contribution in [3.63, 3.8) is 0 Å². The molecule has 0 radical (unpaired) electrons. The van der Waals surface area contributed by atoms with Gasteiger partial charge in [0.25, 0.3) is 0 Å². The highest BCUT2D eigenvalue weighted by atomic mass is 16.5. The van der Waals surface area contributed by atoms with Crippen LogP contribution in [0, 0.1) is 0 Å². The van der Waals surface area contributed by atoms with Crippen molar-refractivity contribution in [1.82, 2.24) is 0 Å². The van der Waals surface area contributed by atoms with Crippen LogP contribution in [0.1, 0.15) is 11.7 Å². The van der Waals surface area contributed by atoms with E-state index in [1.165, 1.54) is 20.3 Å². The van der Waals surface area contributed by atoms with Crippen LogP contribution in [0.5, 0.6) is 5.75 Å². The molecule has 0 amide bonds. The van der Waals surface area contributed by atoms with Gasteiger partial charge in [0.05, 0.1) is 15.6 Å². The molecule has 12 heavy (non-hydrogen) atoms. The molecular formula is C9H10O3. The Kier molecular flexibility index (Phi) is 2.24. The van der Waals surface area contributed by atoms with Crippen LogP contribution in [-0.4, -0.2) is 20.2 Å². The van der Waals surface area contributed by atoms with Crippen molar-refractivity contribution >= 4 is 5.97 Å². The number of hydrogen-bond donors (Lipinski definition) is 0. The minimum absolute atomic E-state index is 0.251. The molecule has 0 saturated heterocycles. The summed E-state index contributed by atoms with van der Waals surface area (Å²) in [6, 6.07) is 4.77. The minimum atomic E-state index is -0.494. The molecule has 0 fully saturated rings. The van der Waals surface area contributed by atoms with Crippen molar-refractivity contribution in [3.05, 3.63) is 29.8 Å². The third-order valence-electron chi connectivity index (χ3n) is 1.45. The van der Waals surface area contributed by atoms with Gasteiger partial charge in [-0.15, -0.1) is 0 Å². The van der Waals surface area contributed by atoms with Gasteiger partial charge in [-0.05, 0) is 12.1 Å². The molecule has 64 valence electrons. The summed E-state index contributed by atoms with van der Waals surface area (Å²) < 4.78 is 16.8. The highest BCUT2D eigenvalue weighted by Crippen LogP contribution is 2.17. The first-order chi connectivity index (χ1) is 6.19. The summed E-state index contributed by atoms with van der Waals surface area (Å²) in [6.45, 7) is 0. The number of esters is 1. The SMILES string of the molecule is [2H]c1ccc(OC)c(C(=O)OC)c1. The van der Waals surface area contributed by atoms with Gasteiger partial charge >= 0.3 is 5.97 Å². The topological polar surface area (TPSA) is 35.5 Å². The summed E-state index contributed by atoms with van der Waals surface area (Å²) in [6.07, 6.45) is 0. The Balaban J connectivity index is 3.15. The van der Waals surface area contributed by atoms with Crippen LogP contribution in [0.3, 0.4) is 0 Å². The summed E-state index contributed by atoms with van der Waals surface area (Å²) in [7, 11) is 2.75. The fourth-order valence-electron chi connectivity index (χ4n) is 0.864. The molecule has 1 rings (SSSR count). The Bertz CT molecular complexity index is 323. The lowest BCUT2D eigenvalue weighted by atomic mass is 10.2. The molecule has 0 aliphatic carbocycles. The third kappa shape index (κ3) is 1.56. The molecule has 0 heterocycles. The van der Waals surface area contributed by atoms with Crippen LogP contribution in [0.25, 0.3) is 0 Å². The molecule has 3 heteroatoms. The number of hydrogen-bond acceptors (Lipinski definition) is 3. The molecule has 0 spiro atoms. The van der Waals surface area contributed by atoms with Gasteiger partial charge in [-0.1, -0.05) is 12.1 Å². The quantitative estimate of drug-likeness (QED) is 0.626. The fraction of sp³-hybridized carbons (Fsp3) is 0.222. The molecule has 1 aromatic carbocycles. The molecule has 3 nitrogen and oxygen atoms in total. The summed E-state index contributed by atoms with van der Waals surface area (Å²) >= 11 is 0. The van der Waals surface area contributed by atoms with Gasteiger partial charge in [0.1, 0.15) is 11.3 Å². The standard InChI is InChI=1S/C9H10O3/c1-11-8-6-4-3-5-7(8)9(10)12-2/h3-6H,1-2H3/i3D. The van der Waals surface area contributed by atoms with Crippen molar-refractivity contribution in [1.29, 1.82) is 0 Å². The highest BCUT2D eigenvalue weighted by molar-refractivity contribution is 5.92. The van der Waals surface area contributed by atoms with Crippen LogP contribution in [0.4, 0.5) is 0 Å². The van der Waals surface area contributed by atoms with E-state index in [1.807, 2.05) is 0 Å². The van der Waals surface area contributed by atoms with Crippen molar-refractivity contribution in [2.24, 2.45) is 0 Å². The Morgan fingerprint density at radius 3 is 2.83 bits per heavy atom. The summed E-state index contributed by atoms with van der Waals surface area (Å²) in [5.41, 5.74) is 0.275. The fourth-order valence-corrected chi connectivity index (χ4v) is 0.864. The van der Waals surface area contributed by atoms with E-state index < -0.39 is 5.97 Å². The Morgan fingerprint density at radius 1 is 1.50 bits per heavy atom. The summed E-state index contributed by atoms with van der Waals surface area (Å²) in [5, 5.41) is 0. The monoisotopic (exact) mass is 167 g/mol. The van der Waals surface area contributed by atoms with Gasteiger partial charge in [0.15, 0.2) is 0 Å². The molecule has 0 aliphatic rings. The number of benzene rings is 1. The Morgan fingerprint density at radius 2 is 2.25 bits per heavy atom. The maximum absolute atomic E-state index is 11.2. The van der Waals surface area contributed by atoms with Gasteiger partial charge in [-0.3, -0.25) is 0 Å². The van der Waals surface area contributed by atoms with Crippen LogP contribution in [0.15, 0.2) is 24.2 Å². The second kappa shape index (κ2) is 3.76. The molecule has 0 bridgehead atoms. The molecule has 0 atom stereocenters. The third-order valence-corrected chi connectivity index (χ3v) is 1.45. The largest absolute Gasteiger partial charge is 0.496 e. The smallest absolute Gasteiger partial charge is 0.341 e. The second-order valence-electron chi connectivity index (χ2n) is 2.12. The van der Waals surface area contributed by atoms with Gasteiger partial charge in [0.2, 0.25) is 0 Å². The first kappa shape index (κ1) is 7.16. The Hall–Kier alpha value is -1.51. The highest BCUT2D eigenvalue weighted by Gasteiger charge is 2.10. The van der Waals surface area contributed by atoms with Crippen LogP contribution >= 0.6 is 0 Å². The van der Waals surface area contributed by atoms with Crippen molar-refractivity contribution < 1.29 is 15.6 Å². The predicted octanol–water partition coefficient (Wildman–Crippen LogP) is 1.48. The first-order valence-electron chi connectivity index (χ1n) is 3.92. The first-order valence-corrected chi connectivity index (χ1v) is 3.42. The number of para-hydroxylation sites is 1. The average Bonchev–Trinajstić information content (AvgIpc) is 2.16. The maximum Gasteiger partial charge on any atom is 0.341 e. The van der Waals surface area contributed by atoms with E-state index in [1.54, 1.807) is 12.1 Å². The van der Waals surface area contributed by atoms with E-state index in [-0.39, 0.29) is 11.6 Å². The van der Waals surface area contributed by atoms with Crippen LogP contribution in [0.2, 0.25) is 0 Å². The van der Waals surface area contributed by atoms with E-state index in [9.17, 15) is 4.79 Å². The second-order valence-corrected chi connectivity index (χ2v) is 2.12. The molecular weight excluding hydrogens is 156 g/mol.